The molecule has 32 heavy (non-hydrogen) atoms. The van der Waals surface area contributed by atoms with Gasteiger partial charge in [0.05, 0.1) is 22.8 Å². The minimum absolute atomic E-state index is 0.526. The third-order valence-corrected chi connectivity index (χ3v) is 6.09. The van der Waals surface area contributed by atoms with Crippen LogP contribution in [0.25, 0.3) is 0 Å². The lowest BCUT2D eigenvalue weighted by Crippen LogP contribution is -2.34. The topological polar surface area (TPSA) is 33.1 Å². The minimum atomic E-state index is 0.526. The third kappa shape index (κ3) is 5.88. The van der Waals surface area contributed by atoms with Gasteiger partial charge >= 0.3 is 0 Å². The second-order valence-corrected chi connectivity index (χ2v) is 8.58. The molecule has 162 valence electrons. The summed E-state index contributed by atoms with van der Waals surface area (Å²) in [6.45, 7) is 1.94. The van der Waals surface area contributed by atoms with E-state index >= 15 is 0 Å². The van der Waals surface area contributed by atoms with Gasteiger partial charge in [-0.15, -0.1) is 0 Å². The van der Waals surface area contributed by atoms with Crippen molar-refractivity contribution in [1.29, 1.82) is 0 Å². The first-order chi connectivity index (χ1) is 15.6. The first-order valence-corrected chi connectivity index (χ1v) is 11.3. The predicted molar refractivity (Wildman–Crippen MR) is 136 cm³/mol. The number of nitrogens with zero attached hydrogens (tertiary/aromatic N) is 3. The molecule has 0 aliphatic heterocycles. The lowest BCUT2D eigenvalue weighted by molar-refractivity contribution is 0.412. The monoisotopic (exact) mass is 480 g/mol. The van der Waals surface area contributed by atoms with E-state index in [-0.39, 0.29) is 0 Å². The second-order valence-electron chi connectivity index (χ2n) is 7.38. The summed E-state index contributed by atoms with van der Waals surface area (Å²) in [4.78, 5) is 2.15. The van der Waals surface area contributed by atoms with Gasteiger partial charge in [0.15, 0.2) is 5.11 Å². The fourth-order valence-electron chi connectivity index (χ4n) is 3.37. The molecular weight excluding hydrogens is 459 g/mol. The largest absolute Gasteiger partial charge is 0.340 e. The molecule has 0 unspecified atom stereocenters. The molecule has 4 rings (SSSR count). The maximum absolute atomic E-state index is 6.17. The lowest BCUT2D eigenvalue weighted by Gasteiger charge is -2.26. The van der Waals surface area contributed by atoms with Crippen molar-refractivity contribution in [2.45, 2.75) is 19.6 Å². The summed E-state index contributed by atoms with van der Waals surface area (Å²) in [5.41, 5.74) is 3.39. The van der Waals surface area contributed by atoms with Gasteiger partial charge in [-0.3, -0.25) is 0 Å². The van der Waals surface area contributed by atoms with Crippen LogP contribution in [-0.4, -0.2) is 19.8 Å². The SMILES string of the molecule is S=C(Nc1ccnn1Cc1ccc(Cl)c(Cl)c1)N(Cc1ccccc1)Cc1ccccc1. The van der Waals surface area contributed by atoms with Crippen molar-refractivity contribution in [3.8, 4) is 0 Å². The standard InChI is InChI=1S/C25H22Cl2N4S/c26-22-12-11-21(15-23(22)27)18-31-24(13-14-28-31)29-25(32)30(16-19-7-3-1-4-8-19)17-20-9-5-2-6-10-20/h1-15H,16-18H2,(H,29,32). The van der Waals surface area contributed by atoms with E-state index in [4.69, 9.17) is 35.4 Å². The molecule has 1 aromatic heterocycles. The zero-order chi connectivity index (χ0) is 22.3. The Hall–Kier alpha value is -2.86. The number of rotatable bonds is 7. The molecule has 0 amide bonds. The average Bonchev–Trinajstić information content (AvgIpc) is 3.23. The molecule has 0 fully saturated rings. The molecule has 4 aromatic rings. The Morgan fingerprint density at radius 2 is 1.44 bits per heavy atom. The Labute approximate surface area is 203 Å². The fraction of sp³-hybridized carbons (Fsp3) is 0.120. The molecule has 7 heteroatoms. The zero-order valence-corrected chi connectivity index (χ0v) is 19.6. The first kappa shape index (κ1) is 22.3. The van der Waals surface area contributed by atoms with Gasteiger partial charge in [-0.2, -0.15) is 5.10 Å². The van der Waals surface area contributed by atoms with Crippen LogP contribution in [0.4, 0.5) is 5.82 Å². The summed E-state index contributed by atoms with van der Waals surface area (Å²) >= 11 is 18.0. The van der Waals surface area contributed by atoms with Crippen molar-refractivity contribution in [2.24, 2.45) is 0 Å². The number of benzene rings is 3. The average molecular weight is 481 g/mol. The molecule has 1 heterocycles. The number of aromatic nitrogens is 2. The minimum Gasteiger partial charge on any atom is -0.340 e. The molecule has 1 N–H and O–H groups in total. The van der Waals surface area contributed by atoms with Crippen LogP contribution in [0.2, 0.25) is 10.0 Å². The highest BCUT2D eigenvalue weighted by atomic mass is 35.5. The van der Waals surface area contributed by atoms with Crippen LogP contribution in [0.3, 0.4) is 0 Å². The Balaban J connectivity index is 1.51. The molecule has 0 aliphatic rings. The molecule has 0 aliphatic carbocycles. The number of anilines is 1. The van der Waals surface area contributed by atoms with Gasteiger partial charge in [0.1, 0.15) is 5.82 Å². The van der Waals surface area contributed by atoms with E-state index in [2.05, 4.69) is 39.6 Å². The van der Waals surface area contributed by atoms with Crippen LogP contribution in [0.1, 0.15) is 16.7 Å². The van der Waals surface area contributed by atoms with E-state index in [1.165, 1.54) is 11.1 Å². The lowest BCUT2D eigenvalue weighted by atomic mass is 10.2. The Kier molecular flexibility index (Phi) is 7.43. The fourth-order valence-corrected chi connectivity index (χ4v) is 3.93. The highest BCUT2D eigenvalue weighted by Gasteiger charge is 2.14. The molecule has 0 saturated heterocycles. The summed E-state index contributed by atoms with van der Waals surface area (Å²) in [6.07, 6.45) is 1.75. The van der Waals surface area contributed by atoms with Gasteiger partial charge in [0.25, 0.3) is 0 Å². The predicted octanol–water partition coefficient (Wildman–Crippen LogP) is 6.64. The van der Waals surface area contributed by atoms with Crippen LogP contribution in [0.15, 0.2) is 91.1 Å². The van der Waals surface area contributed by atoms with Crippen molar-refractivity contribution in [2.75, 3.05) is 5.32 Å². The van der Waals surface area contributed by atoms with Gasteiger partial charge in [-0.05, 0) is 41.0 Å². The third-order valence-electron chi connectivity index (χ3n) is 4.99. The van der Waals surface area contributed by atoms with E-state index in [1.807, 2.05) is 59.3 Å². The van der Waals surface area contributed by atoms with Crippen LogP contribution < -0.4 is 5.32 Å². The second kappa shape index (κ2) is 10.6. The molecule has 0 atom stereocenters. The summed E-state index contributed by atoms with van der Waals surface area (Å²) in [5, 5.41) is 9.51. The van der Waals surface area contributed by atoms with Gasteiger partial charge in [0.2, 0.25) is 0 Å². The van der Waals surface area contributed by atoms with Crippen LogP contribution in [0, 0.1) is 0 Å². The van der Waals surface area contributed by atoms with E-state index in [1.54, 1.807) is 12.3 Å². The van der Waals surface area contributed by atoms with Crippen LogP contribution in [0.5, 0.6) is 0 Å². The highest BCUT2D eigenvalue weighted by Crippen LogP contribution is 2.23. The molecule has 0 saturated carbocycles. The van der Waals surface area contributed by atoms with Crippen molar-refractivity contribution in [3.63, 3.8) is 0 Å². The van der Waals surface area contributed by atoms with E-state index in [0.29, 0.717) is 34.8 Å². The van der Waals surface area contributed by atoms with E-state index in [0.717, 1.165) is 11.4 Å². The maximum Gasteiger partial charge on any atom is 0.175 e. The Morgan fingerprint density at radius 3 is 2.03 bits per heavy atom. The van der Waals surface area contributed by atoms with Gasteiger partial charge < -0.3 is 10.2 Å². The number of nitrogens with one attached hydrogen (secondary N) is 1. The molecule has 3 aromatic carbocycles. The Morgan fingerprint density at radius 1 is 0.812 bits per heavy atom. The number of thiocarbonyl (C=S) groups is 1. The Bertz CT molecular complexity index is 1140. The van der Waals surface area contributed by atoms with Crippen molar-refractivity contribution >= 4 is 46.4 Å². The normalized spacial score (nSPS) is 10.7. The summed E-state index contributed by atoms with van der Waals surface area (Å²) in [6, 6.07) is 28.1. The quantitative estimate of drug-likeness (QED) is 0.300. The zero-order valence-electron chi connectivity index (χ0n) is 17.3. The summed E-state index contributed by atoms with van der Waals surface area (Å²) in [7, 11) is 0. The van der Waals surface area contributed by atoms with Crippen molar-refractivity contribution in [3.05, 3.63) is 118 Å². The van der Waals surface area contributed by atoms with Gasteiger partial charge in [-0.1, -0.05) is 89.9 Å². The van der Waals surface area contributed by atoms with Gasteiger partial charge in [0, 0.05) is 19.2 Å². The summed E-state index contributed by atoms with van der Waals surface area (Å²) < 4.78 is 1.86. The van der Waals surface area contributed by atoms with Crippen molar-refractivity contribution in [1.82, 2.24) is 14.7 Å². The maximum atomic E-state index is 6.17. The van der Waals surface area contributed by atoms with E-state index < -0.39 is 0 Å². The summed E-state index contributed by atoms with van der Waals surface area (Å²) in [5.74, 6) is 0.812. The van der Waals surface area contributed by atoms with E-state index in [9.17, 15) is 0 Å². The van der Waals surface area contributed by atoms with Crippen LogP contribution >= 0.6 is 35.4 Å². The highest BCUT2D eigenvalue weighted by molar-refractivity contribution is 7.80. The number of hydrogen-bond acceptors (Lipinski definition) is 2. The number of hydrogen-bond donors (Lipinski definition) is 1. The van der Waals surface area contributed by atoms with Crippen molar-refractivity contribution < 1.29 is 0 Å². The van der Waals surface area contributed by atoms with Crippen LogP contribution in [-0.2, 0) is 19.6 Å². The molecular formula is C25H22Cl2N4S. The van der Waals surface area contributed by atoms with Gasteiger partial charge in [-0.25, -0.2) is 4.68 Å². The molecule has 0 bridgehead atoms. The number of halogens is 2. The molecule has 0 radical (unpaired) electrons. The first-order valence-electron chi connectivity index (χ1n) is 10.2. The smallest absolute Gasteiger partial charge is 0.175 e. The molecule has 4 nitrogen and oxygen atoms in total. The molecule has 0 spiro atoms.